The standard InChI is InChI=1S/C25H33N3O3/c1-17(2)20-8-6-19(7-9-20)15-28(21-10-11-21)16-25(30)26-14-24(29)27-22-13-18(3)5-12-23(22)31-4/h5-9,12-13,17,21H,10-11,14-16H2,1-4H3,(H,26,30)(H,27,29). The highest BCUT2D eigenvalue weighted by atomic mass is 16.5. The fourth-order valence-corrected chi connectivity index (χ4v) is 3.53. The molecule has 31 heavy (non-hydrogen) atoms. The molecule has 6 heteroatoms. The number of benzene rings is 2. The SMILES string of the molecule is COc1ccc(C)cc1NC(=O)CNC(=O)CN(Cc1ccc(C(C)C)cc1)C1CC1. The first-order valence-electron chi connectivity index (χ1n) is 10.9. The van der Waals surface area contributed by atoms with Crippen LogP contribution in [0.5, 0.6) is 5.75 Å². The van der Waals surface area contributed by atoms with Crippen molar-refractivity contribution in [2.75, 3.05) is 25.5 Å². The molecule has 1 aliphatic rings. The Hall–Kier alpha value is -2.86. The first kappa shape index (κ1) is 22.8. The van der Waals surface area contributed by atoms with Gasteiger partial charge in [0.2, 0.25) is 11.8 Å². The van der Waals surface area contributed by atoms with Crippen LogP contribution in [0.3, 0.4) is 0 Å². The average Bonchev–Trinajstić information content (AvgIpc) is 3.58. The summed E-state index contributed by atoms with van der Waals surface area (Å²) < 4.78 is 5.28. The number of hydrogen-bond acceptors (Lipinski definition) is 4. The molecule has 0 unspecified atom stereocenters. The Balaban J connectivity index is 1.50. The number of carbonyl (C=O) groups excluding carboxylic acids is 2. The second-order valence-corrected chi connectivity index (χ2v) is 8.56. The Morgan fingerprint density at radius 3 is 2.42 bits per heavy atom. The van der Waals surface area contributed by atoms with Gasteiger partial charge in [-0.1, -0.05) is 44.2 Å². The topological polar surface area (TPSA) is 70.7 Å². The van der Waals surface area contributed by atoms with Gasteiger partial charge in [0.25, 0.3) is 0 Å². The molecule has 0 spiro atoms. The summed E-state index contributed by atoms with van der Waals surface area (Å²) in [6.07, 6.45) is 2.23. The van der Waals surface area contributed by atoms with Crippen LogP contribution >= 0.6 is 0 Å². The molecule has 1 fully saturated rings. The number of nitrogens with one attached hydrogen (secondary N) is 2. The largest absolute Gasteiger partial charge is 0.495 e. The molecular formula is C25H33N3O3. The number of carbonyl (C=O) groups is 2. The Kier molecular flexibility index (Phi) is 7.69. The Morgan fingerprint density at radius 2 is 1.81 bits per heavy atom. The zero-order valence-electron chi connectivity index (χ0n) is 18.9. The minimum Gasteiger partial charge on any atom is -0.495 e. The van der Waals surface area contributed by atoms with Crippen LogP contribution in [0.1, 0.15) is 49.3 Å². The monoisotopic (exact) mass is 423 g/mol. The predicted molar refractivity (Wildman–Crippen MR) is 123 cm³/mol. The molecule has 0 radical (unpaired) electrons. The van der Waals surface area contributed by atoms with Gasteiger partial charge in [-0.3, -0.25) is 14.5 Å². The van der Waals surface area contributed by atoms with E-state index < -0.39 is 0 Å². The van der Waals surface area contributed by atoms with E-state index in [0.29, 0.717) is 23.4 Å². The maximum atomic E-state index is 12.5. The van der Waals surface area contributed by atoms with E-state index in [2.05, 4.69) is 53.6 Å². The summed E-state index contributed by atoms with van der Waals surface area (Å²) >= 11 is 0. The molecule has 6 nitrogen and oxygen atoms in total. The second kappa shape index (κ2) is 10.4. The molecule has 3 rings (SSSR count). The fraction of sp³-hybridized carbons (Fsp3) is 0.440. The number of rotatable bonds is 10. The van der Waals surface area contributed by atoms with E-state index in [1.165, 1.54) is 11.1 Å². The molecule has 2 aromatic carbocycles. The highest BCUT2D eigenvalue weighted by molar-refractivity contribution is 5.96. The predicted octanol–water partition coefficient (Wildman–Crippen LogP) is 3.85. The van der Waals surface area contributed by atoms with Crippen molar-refractivity contribution in [3.63, 3.8) is 0 Å². The lowest BCUT2D eigenvalue weighted by Gasteiger charge is -2.22. The minimum atomic E-state index is -0.278. The van der Waals surface area contributed by atoms with Crippen LogP contribution in [0.25, 0.3) is 0 Å². The van der Waals surface area contributed by atoms with Gasteiger partial charge in [0, 0.05) is 12.6 Å². The Bertz CT molecular complexity index is 905. The van der Waals surface area contributed by atoms with Gasteiger partial charge >= 0.3 is 0 Å². The van der Waals surface area contributed by atoms with Crippen molar-refractivity contribution in [1.29, 1.82) is 0 Å². The number of ether oxygens (including phenoxy) is 1. The third-order valence-corrected chi connectivity index (χ3v) is 5.52. The van der Waals surface area contributed by atoms with E-state index in [4.69, 9.17) is 4.74 Å². The van der Waals surface area contributed by atoms with Crippen LogP contribution in [0.4, 0.5) is 5.69 Å². The summed E-state index contributed by atoms with van der Waals surface area (Å²) in [4.78, 5) is 27.0. The molecule has 2 aromatic rings. The number of methoxy groups -OCH3 is 1. The van der Waals surface area contributed by atoms with Crippen molar-refractivity contribution in [2.24, 2.45) is 0 Å². The van der Waals surface area contributed by atoms with Gasteiger partial charge < -0.3 is 15.4 Å². The molecule has 0 saturated heterocycles. The summed E-state index contributed by atoms with van der Waals surface area (Å²) in [5.41, 5.74) is 4.14. The summed E-state index contributed by atoms with van der Waals surface area (Å²) in [6.45, 7) is 7.26. The molecule has 1 aliphatic carbocycles. The summed E-state index contributed by atoms with van der Waals surface area (Å²) in [7, 11) is 1.56. The van der Waals surface area contributed by atoms with Gasteiger partial charge in [-0.25, -0.2) is 0 Å². The number of hydrogen-bond donors (Lipinski definition) is 2. The van der Waals surface area contributed by atoms with E-state index in [1.807, 2.05) is 25.1 Å². The average molecular weight is 424 g/mol. The van der Waals surface area contributed by atoms with Gasteiger partial charge in [-0.05, 0) is 54.5 Å². The van der Waals surface area contributed by atoms with Crippen LogP contribution in [0.2, 0.25) is 0 Å². The Labute approximate surface area is 185 Å². The first-order chi connectivity index (χ1) is 14.9. The zero-order valence-corrected chi connectivity index (χ0v) is 18.9. The van der Waals surface area contributed by atoms with E-state index in [0.717, 1.165) is 24.9 Å². The highest BCUT2D eigenvalue weighted by Gasteiger charge is 2.30. The molecule has 1 saturated carbocycles. The van der Waals surface area contributed by atoms with Crippen LogP contribution in [0.15, 0.2) is 42.5 Å². The third kappa shape index (κ3) is 6.82. The smallest absolute Gasteiger partial charge is 0.243 e. The zero-order chi connectivity index (χ0) is 22.4. The molecule has 166 valence electrons. The third-order valence-electron chi connectivity index (χ3n) is 5.52. The van der Waals surface area contributed by atoms with Crippen molar-refractivity contribution >= 4 is 17.5 Å². The number of anilines is 1. The van der Waals surface area contributed by atoms with Gasteiger partial charge in [0.1, 0.15) is 5.75 Å². The van der Waals surface area contributed by atoms with Crippen LogP contribution in [-0.2, 0) is 16.1 Å². The molecule has 0 heterocycles. The molecule has 0 bridgehead atoms. The quantitative estimate of drug-likeness (QED) is 0.609. The molecule has 2 N–H and O–H groups in total. The molecular weight excluding hydrogens is 390 g/mol. The van der Waals surface area contributed by atoms with Crippen LogP contribution in [-0.4, -0.2) is 43.0 Å². The maximum Gasteiger partial charge on any atom is 0.243 e. The normalized spacial score (nSPS) is 13.4. The molecule has 0 aromatic heterocycles. The van der Waals surface area contributed by atoms with Crippen LogP contribution < -0.4 is 15.4 Å². The van der Waals surface area contributed by atoms with E-state index in [1.54, 1.807) is 7.11 Å². The van der Waals surface area contributed by atoms with Gasteiger partial charge in [0.05, 0.1) is 25.9 Å². The second-order valence-electron chi connectivity index (χ2n) is 8.56. The Morgan fingerprint density at radius 1 is 1.10 bits per heavy atom. The number of aryl methyl sites for hydroxylation is 1. The van der Waals surface area contributed by atoms with Crippen molar-refractivity contribution in [1.82, 2.24) is 10.2 Å². The van der Waals surface area contributed by atoms with Crippen LogP contribution in [0, 0.1) is 6.92 Å². The van der Waals surface area contributed by atoms with E-state index >= 15 is 0 Å². The van der Waals surface area contributed by atoms with Crippen molar-refractivity contribution in [3.8, 4) is 5.75 Å². The van der Waals surface area contributed by atoms with E-state index in [9.17, 15) is 9.59 Å². The lowest BCUT2D eigenvalue weighted by Crippen LogP contribution is -2.41. The minimum absolute atomic E-state index is 0.0719. The number of nitrogens with zero attached hydrogens (tertiary/aromatic N) is 1. The first-order valence-corrected chi connectivity index (χ1v) is 10.9. The van der Waals surface area contributed by atoms with Crippen molar-refractivity contribution in [2.45, 2.75) is 52.1 Å². The molecule has 0 atom stereocenters. The van der Waals surface area contributed by atoms with Crippen molar-refractivity contribution < 1.29 is 14.3 Å². The lowest BCUT2D eigenvalue weighted by molar-refractivity contribution is -0.125. The van der Waals surface area contributed by atoms with Crippen molar-refractivity contribution in [3.05, 3.63) is 59.2 Å². The van der Waals surface area contributed by atoms with Gasteiger partial charge in [-0.2, -0.15) is 0 Å². The summed E-state index contributed by atoms with van der Waals surface area (Å²) in [6, 6.07) is 14.6. The van der Waals surface area contributed by atoms with Gasteiger partial charge in [-0.15, -0.1) is 0 Å². The molecule has 2 amide bonds. The van der Waals surface area contributed by atoms with Gasteiger partial charge in [0.15, 0.2) is 0 Å². The van der Waals surface area contributed by atoms with E-state index in [-0.39, 0.29) is 24.9 Å². The molecule has 0 aliphatic heterocycles. The summed E-state index contributed by atoms with van der Waals surface area (Å²) in [5.74, 6) is 0.676. The number of amides is 2. The highest BCUT2D eigenvalue weighted by Crippen LogP contribution is 2.28. The summed E-state index contributed by atoms with van der Waals surface area (Å²) in [5, 5.41) is 5.55. The lowest BCUT2D eigenvalue weighted by atomic mass is 10.0. The fourth-order valence-electron chi connectivity index (χ4n) is 3.53. The maximum absolute atomic E-state index is 12.5.